The molecule has 0 heterocycles. The van der Waals surface area contributed by atoms with Crippen molar-refractivity contribution in [1.29, 1.82) is 0 Å². The molecule has 0 aliphatic heterocycles. The molecule has 4 nitrogen and oxygen atoms in total. The van der Waals surface area contributed by atoms with E-state index in [0.29, 0.717) is 29.3 Å². The topological polar surface area (TPSA) is 52.6 Å². The monoisotopic (exact) mass is 336 g/mol. The Bertz CT molecular complexity index is 559. The highest BCUT2D eigenvalue weighted by atomic mass is 35.5. The van der Waals surface area contributed by atoms with Crippen LogP contribution in [0.1, 0.15) is 37.8 Å². The summed E-state index contributed by atoms with van der Waals surface area (Å²) in [6.45, 7) is 2.60. The lowest BCUT2D eigenvalue weighted by atomic mass is 10.0. The molecule has 2 aliphatic rings. The second-order valence-electron chi connectivity index (χ2n) is 7.14. The van der Waals surface area contributed by atoms with E-state index in [1.165, 1.54) is 0 Å². The number of nitrogens with one attached hydrogen (secondary N) is 1. The average molecular weight is 337 g/mol. The smallest absolute Gasteiger partial charge is 0.317 e. The maximum Gasteiger partial charge on any atom is 0.317 e. The summed E-state index contributed by atoms with van der Waals surface area (Å²) < 4.78 is 0. The Balaban J connectivity index is 1.63. The van der Waals surface area contributed by atoms with Crippen molar-refractivity contribution in [2.45, 2.75) is 38.3 Å². The number of likely N-dealkylation sites (N-methyl/N-ethyl adjacent to an activating group) is 1. The first-order chi connectivity index (χ1) is 11.0. The van der Waals surface area contributed by atoms with Crippen LogP contribution in [0.5, 0.6) is 0 Å². The van der Waals surface area contributed by atoms with Gasteiger partial charge in [-0.3, -0.25) is 0 Å². The summed E-state index contributed by atoms with van der Waals surface area (Å²) >= 11 is 5.97. The summed E-state index contributed by atoms with van der Waals surface area (Å²) in [5.74, 6) is 1.47. The van der Waals surface area contributed by atoms with Crippen LogP contribution >= 0.6 is 11.6 Å². The molecule has 2 aliphatic carbocycles. The van der Waals surface area contributed by atoms with Gasteiger partial charge < -0.3 is 15.3 Å². The first kappa shape index (κ1) is 16.6. The molecule has 0 spiro atoms. The molecule has 1 aromatic rings. The molecule has 2 saturated carbocycles. The molecule has 23 heavy (non-hydrogen) atoms. The third kappa shape index (κ3) is 4.18. The molecule has 2 fully saturated rings. The summed E-state index contributed by atoms with van der Waals surface area (Å²) in [6, 6.07) is 7.58. The molecule has 2 amide bonds. The van der Waals surface area contributed by atoms with E-state index in [4.69, 9.17) is 11.6 Å². The fourth-order valence-corrected chi connectivity index (χ4v) is 3.29. The number of amides is 2. The minimum atomic E-state index is -0.403. The number of hydrogen-bond acceptors (Lipinski definition) is 2. The van der Waals surface area contributed by atoms with E-state index in [9.17, 15) is 9.90 Å². The van der Waals surface area contributed by atoms with E-state index >= 15 is 0 Å². The van der Waals surface area contributed by atoms with Crippen LogP contribution < -0.4 is 5.32 Å². The molecule has 1 aromatic carbocycles. The molecule has 4 atom stereocenters. The van der Waals surface area contributed by atoms with Gasteiger partial charge in [0.1, 0.15) is 0 Å². The third-order valence-electron chi connectivity index (χ3n) is 5.08. The predicted molar refractivity (Wildman–Crippen MR) is 91.4 cm³/mol. The fraction of sp³-hybridized carbons (Fsp3) is 0.611. The second-order valence-corrected chi connectivity index (χ2v) is 7.58. The van der Waals surface area contributed by atoms with E-state index in [-0.39, 0.29) is 12.1 Å². The lowest BCUT2D eigenvalue weighted by Crippen LogP contribution is -2.43. The van der Waals surface area contributed by atoms with Crippen molar-refractivity contribution >= 4 is 17.6 Å². The zero-order valence-electron chi connectivity index (χ0n) is 13.7. The van der Waals surface area contributed by atoms with Crippen molar-refractivity contribution in [3.63, 3.8) is 0 Å². The number of urea groups is 1. The van der Waals surface area contributed by atoms with Gasteiger partial charge in [-0.2, -0.15) is 0 Å². The van der Waals surface area contributed by atoms with E-state index in [1.54, 1.807) is 11.9 Å². The Kier molecular flexibility index (Phi) is 4.83. The van der Waals surface area contributed by atoms with Crippen LogP contribution in [0, 0.1) is 17.8 Å². The van der Waals surface area contributed by atoms with Gasteiger partial charge in [0.15, 0.2) is 0 Å². The Morgan fingerprint density at radius 2 is 2.00 bits per heavy atom. The second kappa shape index (κ2) is 6.70. The Hall–Kier alpha value is -1.26. The van der Waals surface area contributed by atoms with Crippen molar-refractivity contribution in [3.8, 4) is 0 Å². The molecule has 0 bridgehead atoms. The average Bonchev–Trinajstić information content (AvgIpc) is 3.41. The van der Waals surface area contributed by atoms with E-state index < -0.39 is 6.10 Å². The van der Waals surface area contributed by atoms with Gasteiger partial charge in [-0.1, -0.05) is 30.7 Å². The van der Waals surface area contributed by atoms with E-state index in [1.807, 2.05) is 24.3 Å². The number of carbonyl (C=O) groups excluding carboxylic acids is 1. The lowest BCUT2D eigenvalue weighted by Gasteiger charge is -2.26. The molecular formula is C18H25ClN2O2. The standard InChI is InChI=1S/C18H25ClN2O2/c1-11-9-15(11)17(13-5-7-14(19)8-6-13)20-18(23)21(2)10-16(22)12-3-4-12/h5-8,11-12,15-17,22H,3-4,9-10H2,1-2H3,(H,20,23). The third-order valence-corrected chi connectivity index (χ3v) is 5.33. The number of aliphatic hydroxyl groups is 1. The van der Waals surface area contributed by atoms with Gasteiger partial charge in [0.05, 0.1) is 12.1 Å². The van der Waals surface area contributed by atoms with Gasteiger partial charge in [-0.15, -0.1) is 0 Å². The van der Waals surface area contributed by atoms with Gasteiger partial charge in [0.25, 0.3) is 0 Å². The van der Waals surface area contributed by atoms with Gasteiger partial charge in [0.2, 0.25) is 0 Å². The van der Waals surface area contributed by atoms with Crippen molar-refractivity contribution in [3.05, 3.63) is 34.9 Å². The number of hydrogen-bond donors (Lipinski definition) is 2. The summed E-state index contributed by atoms with van der Waals surface area (Å²) in [7, 11) is 1.75. The minimum absolute atomic E-state index is 0.00952. The van der Waals surface area contributed by atoms with Gasteiger partial charge in [-0.05, 0) is 54.7 Å². The van der Waals surface area contributed by atoms with Crippen LogP contribution in [0.15, 0.2) is 24.3 Å². The van der Waals surface area contributed by atoms with Crippen LogP contribution in [-0.4, -0.2) is 35.7 Å². The molecule has 5 heteroatoms. The molecule has 4 unspecified atom stereocenters. The van der Waals surface area contributed by atoms with Crippen LogP contribution in [0.25, 0.3) is 0 Å². The normalized spacial score (nSPS) is 25.6. The number of aliphatic hydroxyl groups excluding tert-OH is 1. The summed E-state index contributed by atoms with van der Waals surface area (Å²) in [5.41, 5.74) is 1.09. The number of benzene rings is 1. The van der Waals surface area contributed by atoms with Gasteiger partial charge in [-0.25, -0.2) is 4.79 Å². The van der Waals surface area contributed by atoms with E-state index in [0.717, 1.165) is 24.8 Å². The molecule has 0 aromatic heterocycles. The lowest BCUT2D eigenvalue weighted by molar-refractivity contribution is 0.112. The number of halogens is 1. The van der Waals surface area contributed by atoms with Gasteiger partial charge >= 0.3 is 6.03 Å². The van der Waals surface area contributed by atoms with Crippen LogP contribution in [0.4, 0.5) is 4.79 Å². The van der Waals surface area contributed by atoms with Crippen LogP contribution in [0.2, 0.25) is 5.02 Å². The van der Waals surface area contributed by atoms with E-state index in [2.05, 4.69) is 12.2 Å². The zero-order chi connectivity index (χ0) is 16.6. The van der Waals surface area contributed by atoms with Crippen LogP contribution in [0.3, 0.4) is 0 Å². The SMILES string of the molecule is CC1CC1C(NC(=O)N(C)CC(O)C1CC1)c1ccc(Cl)cc1. The van der Waals surface area contributed by atoms with Crippen molar-refractivity contribution < 1.29 is 9.90 Å². The summed E-state index contributed by atoms with van der Waals surface area (Å²) in [5, 5.41) is 13.9. The predicted octanol–water partition coefficient (Wildman–Crippen LogP) is 3.45. The molecule has 126 valence electrons. The Labute approximate surface area is 142 Å². The largest absolute Gasteiger partial charge is 0.391 e. The number of carbonyl (C=O) groups is 1. The minimum Gasteiger partial charge on any atom is -0.391 e. The number of nitrogens with zero attached hydrogens (tertiary/aromatic N) is 1. The Morgan fingerprint density at radius 3 is 2.52 bits per heavy atom. The number of rotatable bonds is 6. The maximum atomic E-state index is 12.5. The van der Waals surface area contributed by atoms with Crippen molar-refractivity contribution in [2.75, 3.05) is 13.6 Å². The van der Waals surface area contributed by atoms with Crippen molar-refractivity contribution in [1.82, 2.24) is 10.2 Å². The highest BCUT2D eigenvalue weighted by Crippen LogP contribution is 2.47. The van der Waals surface area contributed by atoms with Crippen LogP contribution in [-0.2, 0) is 0 Å². The highest BCUT2D eigenvalue weighted by molar-refractivity contribution is 6.30. The molecule has 0 saturated heterocycles. The maximum absolute atomic E-state index is 12.5. The summed E-state index contributed by atoms with van der Waals surface area (Å²) in [4.78, 5) is 14.1. The molecular weight excluding hydrogens is 312 g/mol. The first-order valence-electron chi connectivity index (χ1n) is 8.41. The summed E-state index contributed by atoms with van der Waals surface area (Å²) in [6.07, 6.45) is 2.87. The zero-order valence-corrected chi connectivity index (χ0v) is 14.5. The molecule has 0 radical (unpaired) electrons. The van der Waals surface area contributed by atoms with Gasteiger partial charge in [0, 0.05) is 18.6 Å². The fourth-order valence-electron chi connectivity index (χ4n) is 3.16. The Morgan fingerprint density at radius 1 is 1.39 bits per heavy atom. The molecule has 2 N–H and O–H groups in total. The molecule has 3 rings (SSSR count). The van der Waals surface area contributed by atoms with Crippen molar-refractivity contribution in [2.24, 2.45) is 17.8 Å². The highest BCUT2D eigenvalue weighted by Gasteiger charge is 2.41. The first-order valence-corrected chi connectivity index (χ1v) is 8.78. The quantitative estimate of drug-likeness (QED) is 0.836.